The number of nitrogens with one attached hydrogen (secondary N) is 1. The van der Waals surface area contributed by atoms with Crippen LogP contribution in [0.1, 0.15) is 21.7 Å². The van der Waals surface area contributed by atoms with E-state index in [0.717, 1.165) is 6.07 Å². The lowest BCUT2D eigenvalue weighted by molar-refractivity contribution is -0.136. The van der Waals surface area contributed by atoms with Gasteiger partial charge in [-0.3, -0.25) is 9.78 Å². The van der Waals surface area contributed by atoms with Crippen molar-refractivity contribution in [2.75, 3.05) is 24.3 Å². The molecule has 0 radical (unpaired) electrons. The van der Waals surface area contributed by atoms with Gasteiger partial charge in [0.1, 0.15) is 5.69 Å². The van der Waals surface area contributed by atoms with Gasteiger partial charge in [-0.2, -0.15) is 13.2 Å². The number of hydrogen-bond donors (Lipinski definition) is 1. The summed E-state index contributed by atoms with van der Waals surface area (Å²) >= 11 is 0. The van der Waals surface area contributed by atoms with E-state index in [1.54, 1.807) is 25.9 Å². The van der Waals surface area contributed by atoms with Crippen molar-refractivity contribution in [3.63, 3.8) is 0 Å². The number of aryl methyl sites for hydroxylation is 1. The van der Waals surface area contributed by atoms with Crippen LogP contribution in [0.3, 0.4) is 0 Å². The predicted octanol–water partition coefficient (Wildman–Crippen LogP) is 3.12. The monoisotopic (exact) mass is 324 g/mol. The molecule has 2 aromatic rings. The Kier molecular flexibility index (Phi) is 4.53. The summed E-state index contributed by atoms with van der Waals surface area (Å²) in [5, 5.41) is 2.24. The first-order valence-corrected chi connectivity index (χ1v) is 6.67. The van der Waals surface area contributed by atoms with E-state index in [-0.39, 0.29) is 11.4 Å². The number of halogens is 3. The van der Waals surface area contributed by atoms with Crippen molar-refractivity contribution in [2.24, 2.45) is 0 Å². The van der Waals surface area contributed by atoms with E-state index in [1.165, 1.54) is 24.5 Å². The molecule has 122 valence electrons. The molecule has 1 aromatic carbocycles. The van der Waals surface area contributed by atoms with Gasteiger partial charge >= 0.3 is 6.18 Å². The molecule has 0 fully saturated rings. The van der Waals surface area contributed by atoms with Gasteiger partial charge in [-0.1, -0.05) is 0 Å². The molecule has 0 spiro atoms. The number of nitrogens with zero attached hydrogens (tertiary/aromatic N) is 3. The van der Waals surface area contributed by atoms with Crippen molar-refractivity contribution in [3.8, 4) is 0 Å². The minimum absolute atomic E-state index is 0.0552. The number of carbonyl (C=O) groups excluding carboxylic acids is 1. The predicted molar refractivity (Wildman–Crippen MR) is 80.5 cm³/mol. The lowest BCUT2D eigenvalue weighted by Gasteiger charge is -2.18. The van der Waals surface area contributed by atoms with Crippen molar-refractivity contribution in [1.29, 1.82) is 0 Å². The fourth-order valence-electron chi connectivity index (χ4n) is 1.85. The first-order chi connectivity index (χ1) is 10.7. The first-order valence-electron chi connectivity index (χ1n) is 6.67. The van der Waals surface area contributed by atoms with Crippen LogP contribution in [0.2, 0.25) is 0 Å². The van der Waals surface area contributed by atoms with Gasteiger partial charge in [-0.05, 0) is 25.1 Å². The minimum Gasteiger partial charge on any atom is -0.378 e. The van der Waals surface area contributed by atoms with Crippen LogP contribution in [0, 0.1) is 6.92 Å². The average molecular weight is 324 g/mol. The summed E-state index contributed by atoms with van der Waals surface area (Å²) < 4.78 is 39.6. The van der Waals surface area contributed by atoms with E-state index in [9.17, 15) is 18.0 Å². The molecular weight excluding hydrogens is 309 g/mol. The number of anilines is 2. The highest BCUT2D eigenvalue weighted by Crippen LogP contribution is 2.37. The topological polar surface area (TPSA) is 58.1 Å². The number of rotatable bonds is 3. The van der Waals surface area contributed by atoms with Crippen molar-refractivity contribution in [1.82, 2.24) is 9.97 Å². The Hall–Kier alpha value is -2.64. The highest BCUT2D eigenvalue weighted by molar-refractivity contribution is 6.03. The molecule has 1 aromatic heterocycles. The molecule has 0 unspecified atom stereocenters. The number of benzene rings is 1. The van der Waals surface area contributed by atoms with E-state index in [1.807, 2.05) is 0 Å². The Morgan fingerprint density at radius 2 is 1.87 bits per heavy atom. The number of carbonyl (C=O) groups is 1. The number of amides is 1. The normalized spacial score (nSPS) is 11.2. The number of hydrogen-bond acceptors (Lipinski definition) is 4. The summed E-state index contributed by atoms with van der Waals surface area (Å²) in [6, 6.07) is 3.69. The summed E-state index contributed by atoms with van der Waals surface area (Å²) in [5.41, 5.74) is -0.314. The molecule has 1 amide bonds. The van der Waals surface area contributed by atoms with E-state index in [2.05, 4.69) is 15.3 Å². The standard InChI is InChI=1S/C15H15F3N4O/c1-9-7-20-13(8-19-9)14(23)21-12-5-4-10(22(2)3)6-11(12)15(16,17)18/h4-8H,1-3H3,(H,21,23). The van der Waals surface area contributed by atoms with Crippen LogP contribution in [0.15, 0.2) is 30.6 Å². The van der Waals surface area contributed by atoms with E-state index >= 15 is 0 Å². The molecule has 0 aliphatic heterocycles. The maximum absolute atomic E-state index is 13.2. The molecule has 5 nitrogen and oxygen atoms in total. The van der Waals surface area contributed by atoms with Gasteiger partial charge < -0.3 is 10.2 Å². The maximum atomic E-state index is 13.2. The van der Waals surface area contributed by atoms with Crippen molar-refractivity contribution in [3.05, 3.63) is 47.5 Å². The van der Waals surface area contributed by atoms with Crippen molar-refractivity contribution in [2.45, 2.75) is 13.1 Å². The summed E-state index contributed by atoms with van der Waals surface area (Å²) in [6.45, 7) is 1.69. The van der Waals surface area contributed by atoms with Gasteiger partial charge in [0, 0.05) is 26.0 Å². The lowest BCUT2D eigenvalue weighted by atomic mass is 10.1. The summed E-state index contributed by atoms with van der Waals surface area (Å²) in [6.07, 6.45) is -2.01. The molecule has 0 saturated carbocycles. The Bertz CT molecular complexity index is 712. The van der Waals surface area contributed by atoms with Crippen LogP contribution in [-0.4, -0.2) is 30.0 Å². The third-order valence-electron chi connectivity index (χ3n) is 3.09. The first kappa shape index (κ1) is 16.7. The number of alkyl halides is 3. The van der Waals surface area contributed by atoms with Gasteiger partial charge in [0.05, 0.1) is 23.1 Å². The molecule has 0 bridgehead atoms. The van der Waals surface area contributed by atoms with Crippen LogP contribution in [0.25, 0.3) is 0 Å². The third-order valence-corrected chi connectivity index (χ3v) is 3.09. The van der Waals surface area contributed by atoms with E-state index < -0.39 is 17.6 Å². The van der Waals surface area contributed by atoms with Crippen molar-refractivity contribution < 1.29 is 18.0 Å². The average Bonchev–Trinajstić information content (AvgIpc) is 2.46. The Balaban J connectivity index is 2.35. The zero-order chi connectivity index (χ0) is 17.2. The van der Waals surface area contributed by atoms with Gasteiger partial charge in [0.2, 0.25) is 0 Å². The van der Waals surface area contributed by atoms with E-state index in [4.69, 9.17) is 0 Å². The largest absolute Gasteiger partial charge is 0.418 e. The quantitative estimate of drug-likeness (QED) is 0.942. The smallest absolute Gasteiger partial charge is 0.378 e. The van der Waals surface area contributed by atoms with Gasteiger partial charge in [-0.25, -0.2) is 4.98 Å². The molecule has 0 aliphatic rings. The molecule has 1 N–H and O–H groups in total. The van der Waals surface area contributed by atoms with Crippen LogP contribution in [0.4, 0.5) is 24.5 Å². The molecule has 0 aliphatic carbocycles. The van der Waals surface area contributed by atoms with Gasteiger partial charge in [-0.15, -0.1) is 0 Å². The van der Waals surface area contributed by atoms with Crippen LogP contribution >= 0.6 is 0 Å². The van der Waals surface area contributed by atoms with Gasteiger partial charge in [0.25, 0.3) is 5.91 Å². The van der Waals surface area contributed by atoms with Crippen LogP contribution in [-0.2, 0) is 6.18 Å². The van der Waals surface area contributed by atoms with Crippen molar-refractivity contribution >= 4 is 17.3 Å². The van der Waals surface area contributed by atoms with Crippen LogP contribution < -0.4 is 10.2 Å². The third kappa shape index (κ3) is 3.97. The van der Waals surface area contributed by atoms with E-state index in [0.29, 0.717) is 11.4 Å². The van der Waals surface area contributed by atoms with Crippen LogP contribution in [0.5, 0.6) is 0 Å². The molecule has 23 heavy (non-hydrogen) atoms. The zero-order valence-electron chi connectivity index (χ0n) is 12.8. The Morgan fingerprint density at radius 3 is 2.39 bits per heavy atom. The summed E-state index contributed by atoms with van der Waals surface area (Å²) in [5.74, 6) is -0.749. The molecule has 0 atom stereocenters. The molecule has 0 saturated heterocycles. The second-order valence-corrected chi connectivity index (χ2v) is 5.12. The second kappa shape index (κ2) is 6.23. The fraction of sp³-hybridized carbons (Fsp3) is 0.267. The fourth-order valence-corrected chi connectivity index (χ4v) is 1.85. The second-order valence-electron chi connectivity index (χ2n) is 5.12. The summed E-state index contributed by atoms with van der Waals surface area (Å²) in [7, 11) is 3.27. The molecule has 8 heteroatoms. The minimum atomic E-state index is -4.59. The van der Waals surface area contributed by atoms with Gasteiger partial charge in [0.15, 0.2) is 0 Å². The zero-order valence-corrected chi connectivity index (χ0v) is 12.8. The molecule has 2 rings (SSSR count). The maximum Gasteiger partial charge on any atom is 0.418 e. The summed E-state index contributed by atoms with van der Waals surface area (Å²) in [4.78, 5) is 21.3. The Morgan fingerprint density at radius 1 is 1.17 bits per heavy atom. The highest BCUT2D eigenvalue weighted by Gasteiger charge is 2.34. The SMILES string of the molecule is Cc1cnc(C(=O)Nc2ccc(N(C)C)cc2C(F)(F)F)cn1. The lowest BCUT2D eigenvalue weighted by Crippen LogP contribution is -2.19. The highest BCUT2D eigenvalue weighted by atomic mass is 19.4. The molecule has 1 heterocycles. The molecular formula is C15H15F3N4O. The number of aromatic nitrogens is 2. The Labute approximate surface area is 131 Å².